The van der Waals surface area contributed by atoms with Gasteiger partial charge in [-0.05, 0) is 31.8 Å². The molecule has 0 bridgehead atoms. The third-order valence-corrected chi connectivity index (χ3v) is 5.92. The lowest BCUT2D eigenvalue weighted by Gasteiger charge is -2.37. The number of unbranched alkanes of at least 4 members (excludes halogenated alkanes) is 4. The van der Waals surface area contributed by atoms with E-state index in [9.17, 15) is 0 Å². The Balaban J connectivity index is 1.66. The van der Waals surface area contributed by atoms with Gasteiger partial charge in [0, 0.05) is 24.4 Å². The zero-order valence-corrected chi connectivity index (χ0v) is 14.9. The first kappa shape index (κ1) is 16.3. The van der Waals surface area contributed by atoms with Crippen LogP contribution in [0.3, 0.4) is 0 Å². The van der Waals surface area contributed by atoms with Crippen molar-refractivity contribution in [3.63, 3.8) is 0 Å². The van der Waals surface area contributed by atoms with Crippen LogP contribution in [0, 0.1) is 5.92 Å². The first-order valence-electron chi connectivity index (χ1n) is 8.88. The third kappa shape index (κ3) is 3.36. The van der Waals surface area contributed by atoms with Crippen molar-refractivity contribution in [1.82, 2.24) is 10.0 Å². The molecule has 1 atom stereocenters. The molecular weight excluding hydrogens is 292 g/mol. The molecule has 0 saturated heterocycles. The maximum Gasteiger partial charge on any atom is 0.178 e. The standard InChI is InChI=1S/C17H30N4S/c1-3-4-5-6-7-10-17(18)13-15(14-8-9-14)21(20(17)2)16-19-11-12-22-16/h13-14H,3-12,18H2,1-2H3. The van der Waals surface area contributed by atoms with Gasteiger partial charge < -0.3 is 5.73 Å². The van der Waals surface area contributed by atoms with Gasteiger partial charge in [-0.25, -0.2) is 0 Å². The molecule has 1 fully saturated rings. The summed E-state index contributed by atoms with van der Waals surface area (Å²) in [6, 6.07) is 0. The van der Waals surface area contributed by atoms with E-state index in [1.165, 1.54) is 50.6 Å². The maximum absolute atomic E-state index is 6.77. The Morgan fingerprint density at radius 2 is 2.09 bits per heavy atom. The summed E-state index contributed by atoms with van der Waals surface area (Å²) >= 11 is 1.87. The second-order valence-corrected chi connectivity index (χ2v) is 7.91. The normalized spacial score (nSPS) is 29.1. The second kappa shape index (κ2) is 6.93. The van der Waals surface area contributed by atoms with Gasteiger partial charge in [-0.2, -0.15) is 5.01 Å². The molecule has 5 heteroatoms. The van der Waals surface area contributed by atoms with Gasteiger partial charge in [-0.3, -0.25) is 10.0 Å². The minimum atomic E-state index is -0.324. The van der Waals surface area contributed by atoms with Crippen molar-refractivity contribution in [3.05, 3.63) is 11.8 Å². The van der Waals surface area contributed by atoms with Crippen LogP contribution in [0.25, 0.3) is 0 Å². The second-order valence-electron chi connectivity index (χ2n) is 6.85. The molecule has 2 aliphatic heterocycles. The lowest BCUT2D eigenvalue weighted by Crippen LogP contribution is -2.55. The molecule has 0 spiro atoms. The summed E-state index contributed by atoms with van der Waals surface area (Å²) in [5.74, 6) is 1.81. The Hall–Kier alpha value is -0.520. The molecule has 2 heterocycles. The summed E-state index contributed by atoms with van der Waals surface area (Å²) in [5, 5.41) is 5.72. The monoisotopic (exact) mass is 322 g/mol. The average molecular weight is 323 g/mol. The van der Waals surface area contributed by atoms with E-state index in [2.05, 4.69) is 35.1 Å². The summed E-state index contributed by atoms with van der Waals surface area (Å²) in [6.45, 7) is 3.20. The molecule has 0 amide bonds. The van der Waals surface area contributed by atoms with Crippen LogP contribution in [0.4, 0.5) is 0 Å². The van der Waals surface area contributed by atoms with Gasteiger partial charge in [0.05, 0.1) is 6.54 Å². The Morgan fingerprint density at radius 1 is 1.32 bits per heavy atom. The molecule has 4 nitrogen and oxygen atoms in total. The van der Waals surface area contributed by atoms with E-state index in [0.717, 1.165) is 23.9 Å². The van der Waals surface area contributed by atoms with Gasteiger partial charge >= 0.3 is 0 Å². The van der Waals surface area contributed by atoms with Crippen LogP contribution in [0.15, 0.2) is 16.8 Å². The molecular formula is C17H30N4S. The van der Waals surface area contributed by atoms with Crippen molar-refractivity contribution in [1.29, 1.82) is 0 Å². The largest absolute Gasteiger partial charge is 0.308 e. The smallest absolute Gasteiger partial charge is 0.178 e. The summed E-state index contributed by atoms with van der Waals surface area (Å²) in [4.78, 5) is 4.68. The summed E-state index contributed by atoms with van der Waals surface area (Å²) in [7, 11) is 2.14. The minimum absolute atomic E-state index is 0.324. The van der Waals surface area contributed by atoms with Crippen LogP contribution in [0.2, 0.25) is 0 Å². The maximum atomic E-state index is 6.77. The Morgan fingerprint density at radius 3 is 2.73 bits per heavy atom. The molecule has 0 radical (unpaired) electrons. The SMILES string of the molecule is CCCCCCCC1(N)C=C(C2CC2)N(C2=NCCS2)N1C. The van der Waals surface area contributed by atoms with Gasteiger partial charge in [0.15, 0.2) is 5.17 Å². The molecule has 3 aliphatic rings. The third-order valence-electron chi connectivity index (χ3n) is 4.97. The molecule has 0 aromatic heterocycles. The van der Waals surface area contributed by atoms with Gasteiger partial charge in [0.2, 0.25) is 0 Å². The molecule has 1 unspecified atom stereocenters. The molecule has 124 valence electrons. The summed E-state index contributed by atoms with van der Waals surface area (Å²) in [5.41, 5.74) is 7.86. The van der Waals surface area contributed by atoms with Crippen molar-refractivity contribution in [2.75, 3.05) is 19.3 Å². The average Bonchev–Trinajstić information content (AvgIpc) is 3.15. The summed E-state index contributed by atoms with van der Waals surface area (Å²) in [6.07, 6.45) is 12.5. The van der Waals surface area contributed by atoms with E-state index in [1.807, 2.05) is 11.8 Å². The number of allylic oxidation sites excluding steroid dienone is 1. The van der Waals surface area contributed by atoms with E-state index in [1.54, 1.807) is 0 Å². The van der Waals surface area contributed by atoms with Crippen LogP contribution in [0.5, 0.6) is 0 Å². The zero-order valence-electron chi connectivity index (χ0n) is 14.1. The molecule has 3 rings (SSSR count). The van der Waals surface area contributed by atoms with E-state index in [-0.39, 0.29) is 5.66 Å². The van der Waals surface area contributed by atoms with E-state index < -0.39 is 0 Å². The highest BCUT2D eigenvalue weighted by atomic mass is 32.2. The number of nitrogens with zero attached hydrogens (tertiary/aromatic N) is 3. The van der Waals surface area contributed by atoms with Crippen LogP contribution in [-0.2, 0) is 0 Å². The van der Waals surface area contributed by atoms with Gasteiger partial charge in [0.1, 0.15) is 5.66 Å². The quantitative estimate of drug-likeness (QED) is 0.728. The Kier molecular flexibility index (Phi) is 5.15. The van der Waals surface area contributed by atoms with E-state index in [4.69, 9.17) is 5.73 Å². The lowest BCUT2D eigenvalue weighted by atomic mass is 10.0. The van der Waals surface area contributed by atoms with Gasteiger partial charge in [-0.15, -0.1) is 0 Å². The van der Waals surface area contributed by atoms with Gasteiger partial charge in [-0.1, -0.05) is 44.4 Å². The topological polar surface area (TPSA) is 44.9 Å². The zero-order chi connectivity index (χ0) is 15.6. The number of hydrazine groups is 1. The van der Waals surface area contributed by atoms with E-state index in [0.29, 0.717) is 5.92 Å². The molecule has 1 aliphatic carbocycles. The molecule has 22 heavy (non-hydrogen) atoms. The van der Waals surface area contributed by atoms with Gasteiger partial charge in [0.25, 0.3) is 0 Å². The molecule has 2 N–H and O–H groups in total. The number of thioether (sulfide) groups is 1. The number of aliphatic imine (C=N–C) groups is 1. The first-order chi connectivity index (χ1) is 10.7. The Labute approximate surface area is 139 Å². The highest BCUT2D eigenvalue weighted by Gasteiger charge is 2.46. The van der Waals surface area contributed by atoms with Crippen LogP contribution >= 0.6 is 11.8 Å². The lowest BCUT2D eigenvalue weighted by molar-refractivity contribution is 0.0371. The first-order valence-corrected chi connectivity index (χ1v) is 9.87. The fraction of sp³-hybridized carbons (Fsp3) is 0.824. The number of hydrogen-bond donors (Lipinski definition) is 1. The number of hydrogen-bond acceptors (Lipinski definition) is 5. The number of nitrogens with two attached hydrogens (primary N) is 1. The predicted octanol–water partition coefficient (Wildman–Crippen LogP) is 3.56. The number of likely N-dealkylation sites (N-methyl/N-ethyl adjacent to an activating group) is 1. The van der Waals surface area contributed by atoms with Crippen molar-refractivity contribution < 1.29 is 0 Å². The van der Waals surface area contributed by atoms with Crippen molar-refractivity contribution in [3.8, 4) is 0 Å². The van der Waals surface area contributed by atoms with Crippen LogP contribution in [0.1, 0.15) is 58.3 Å². The number of amidine groups is 1. The van der Waals surface area contributed by atoms with Crippen LogP contribution in [-0.4, -0.2) is 40.2 Å². The van der Waals surface area contributed by atoms with Crippen LogP contribution < -0.4 is 5.73 Å². The molecule has 0 aromatic carbocycles. The fourth-order valence-corrected chi connectivity index (χ4v) is 4.27. The molecule has 1 saturated carbocycles. The predicted molar refractivity (Wildman–Crippen MR) is 95.5 cm³/mol. The minimum Gasteiger partial charge on any atom is -0.308 e. The number of rotatable bonds is 7. The van der Waals surface area contributed by atoms with E-state index >= 15 is 0 Å². The van der Waals surface area contributed by atoms with Crippen molar-refractivity contribution in [2.45, 2.75) is 64.0 Å². The van der Waals surface area contributed by atoms with Crippen molar-refractivity contribution >= 4 is 16.9 Å². The summed E-state index contributed by atoms with van der Waals surface area (Å²) < 4.78 is 0. The highest BCUT2D eigenvalue weighted by Crippen LogP contribution is 2.45. The van der Waals surface area contributed by atoms with Crippen molar-refractivity contribution in [2.24, 2.45) is 16.6 Å². The fourth-order valence-electron chi connectivity index (χ4n) is 3.38. The molecule has 0 aromatic rings. The Bertz CT molecular complexity index is 458. The highest BCUT2D eigenvalue weighted by molar-refractivity contribution is 8.14.